The van der Waals surface area contributed by atoms with Crippen molar-refractivity contribution in [3.8, 4) is 5.75 Å². The molecule has 0 aromatic heterocycles. The number of likely N-dealkylation sites (tertiary alicyclic amines) is 1. The highest BCUT2D eigenvalue weighted by Gasteiger charge is 2.16. The van der Waals surface area contributed by atoms with Gasteiger partial charge >= 0.3 is 0 Å². The number of halogens is 1. The molecular formula is C23H29ClN2O2. The van der Waals surface area contributed by atoms with Crippen molar-refractivity contribution < 1.29 is 9.53 Å². The van der Waals surface area contributed by atoms with E-state index in [2.05, 4.69) is 34.5 Å². The Morgan fingerprint density at radius 2 is 1.68 bits per heavy atom. The van der Waals surface area contributed by atoms with Gasteiger partial charge in [0.1, 0.15) is 5.75 Å². The van der Waals surface area contributed by atoms with E-state index in [0.29, 0.717) is 12.3 Å². The molecule has 5 heteroatoms. The van der Waals surface area contributed by atoms with E-state index in [-0.39, 0.29) is 5.91 Å². The van der Waals surface area contributed by atoms with E-state index in [4.69, 9.17) is 16.3 Å². The maximum atomic E-state index is 12.4. The summed E-state index contributed by atoms with van der Waals surface area (Å²) in [5, 5.41) is 3.69. The largest absolute Gasteiger partial charge is 0.481 e. The van der Waals surface area contributed by atoms with E-state index in [0.717, 1.165) is 28.3 Å². The molecule has 0 unspecified atom stereocenters. The minimum atomic E-state index is -0.575. The van der Waals surface area contributed by atoms with Gasteiger partial charge in [-0.05, 0) is 81.1 Å². The van der Waals surface area contributed by atoms with Crippen LogP contribution in [-0.2, 0) is 17.9 Å². The Balaban J connectivity index is 1.49. The Bertz CT molecular complexity index is 791. The minimum Gasteiger partial charge on any atom is -0.481 e. The molecule has 28 heavy (non-hydrogen) atoms. The fourth-order valence-electron chi connectivity index (χ4n) is 3.53. The smallest absolute Gasteiger partial charge is 0.261 e. The van der Waals surface area contributed by atoms with Gasteiger partial charge < -0.3 is 10.1 Å². The number of nitrogens with zero attached hydrogens (tertiary/aromatic N) is 1. The van der Waals surface area contributed by atoms with Crippen molar-refractivity contribution in [1.29, 1.82) is 0 Å². The van der Waals surface area contributed by atoms with E-state index in [9.17, 15) is 4.79 Å². The van der Waals surface area contributed by atoms with E-state index >= 15 is 0 Å². The Kier molecular flexibility index (Phi) is 6.97. The molecule has 1 atom stereocenters. The monoisotopic (exact) mass is 400 g/mol. The van der Waals surface area contributed by atoms with Crippen LogP contribution in [0.1, 0.15) is 42.0 Å². The van der Waals surface area contributed by atoms with E-state index < -0.39 is 6.10 Å². The zero-order valence-corrected chi connectivity index (χ0v) is 17.7. The van der Waals surface area contributed by atoms with Crippen LogP contribution in [0.5, 0.6) is 5.75 Å². The lowest BCUT2D eigenvalue weighted by Gasteiger charge is -2.17. The lowest BCUT2D eigenvalue weighted by atomic mass is 10.1. The number of aryl methyl sites for hydroxylation is 2. The molecule has 2 aromatic rings. The summed E-state index contributed by atoms with van der Waals surface area (Å²) in [5.41, 5.74) is 4.29. The summed E-state index contributed by atoms with van der Waals surface area (Å²) >= 11 is 6.19. The molecule has 0 aliphatic carbocycles. The first-order chi connectivity index (χ1) is 13.4. The van der Waals surface area contributed by atoms with E-state index in [1.54, 1.807) is 6.92 Å². The van der Waals surface area contributed by atoms with Gasteiger partial charge in [-0.15, -0.1) is 0 Å². The van der Waals surface area contributed by atoms with Crippen molar-refractivity contribution in [1.82, 2.24) is 10.2 Å². The molecule has 0 spiro atoms. The van der Waals surface area contributed by atoms with Crippen molar-refractivity contribution in [2.75, 3.05) is 13.1 Å². The second-order valence-corrected chi connectivity index (χ2v) is 8.03. The molecule has 1 N–H and O–H groups in total. The van der Waals surface area contributed by atoms with Gasteiger partial charge in [0.15, 0.2) is 6.10 Å². The fraction of sp³-hybridized carbons (Fsp3) is 0.435. The van der Waals surface area contributed by atoms with Gasteiger partial charge in [0, 0.05) is 18.1 Å². The van der Waals surface area contributed by atoms with Gasteiger partial charge in [0.25, 0.3) is 5.91 Å². The SMILES string of the molecule is Cc1cc(O[C@@H](C)C(=O)NCc2ccc(CN3CCCC3)cc2)cc(C)c1Cl. The third-order valence-corrected chi connectivity index (χ3v) is 5.78. The summed E-state index contributed by atoms with van der Waals surface area (Å²) in [6.07, 6.45) is 2.04. The van der Waals surface area contributed by atoms with Gasteiger partial charge in [-0.1, -0.05) is 35.9 Å². The Morgan fingerprint density at radius 1 is 1.11 bits per heavy atom. The van der Waals surface area contributed by atoms with Gasteiger partial charge in [0.05, 0.1) is 0 Å². The van der Waals surface area contributed by atoms with Crippen LogP contribution in [0.3, 0.4) is 0 Å². The fourth-order valence-corrected chi connectivity index (χ4v) is 3.64. The molecule has 2 aromatic carbocycles. The molecule has 0 bridgehead atoms. The first-order valence-corrected chi connectivity index (χ1v) is 10.3. The molecule has 1 saturated heterocycles. The van der Waals surface area contributed by atoms with Crippen LogP contribution < -0.4 is 10.1 Å². The molecule has 1 heterocycles. The number of rotatable bonds is 7. The average molecular weight is 401 g/mol. The Hall–Kier alpha value is -2.04. The maximum absolute atomic E-state index is 12.4. The molecular weight excluding hydrogens is 372 g/mol. The zero-order valence-electron chi connectivity index (χ0n) is 16.9. The number of amides is 1. The van der Waals surface area contributed by atoms with E-state index in [1.807, 2.05) is 26.0 Å². The summed E-state index contributed by atoms with van der Waals surface area (Å²) in [5.74, 6) is 0.528. The third-order valence-electron chi connectivity index (χ3n) is 5.19. The van der Waals surface area contributed by atoms with Gasteiger partial charge in [0.2, 0.25) is 0 Å². The summed E-state index contributed by atoms with van der Waals surface area (Å²) < 4.78 is 5.80. The number of hydrogen-bond acceptors (Lipinski definition) is 3. The summed E-state index contributed by atoms with van der Waals surface area (Å²) in [6, 6.07) is 12.2. The molecule has 0 radical (unpaired) electrons. The topological polar surface area (TPSA) is 41.6 Å². The molecule has 4 nitrogen and oxygen atoms in total. The second-order valence-electron chi connectivity index (χ2n) is 7.65. The first kappa shape index (κ1) is 20.7. The standard InChI is InChI=1S/C23H29ClN2O2/c1-16-12-21(13-17(2)22(16)24)28-18(3)23(27)25-14-19-6-8-20(9-7-19)15-26-10-4-5-11-26/h6-9,12-13,18H,4-5,10-11,14-15H2,1-3H3,(H,25,27)/t18-/m0/s1. The van der Waals surface area contributed by atoms with Crippen molar-refractivity contribution in [3.63, 3.8) is 0 Å². The van der Waals surface area contributed by atoms with Crippen LogP contribution in [0.25, 0.3) is 0 Å². The van der Waals surface area contributed by atoms with Crippen LogP contribution in [-0.4, -0.2) is 30.0 Å². The molecule has 3 rings (SSSR count). The van der Waals surface area contributed by atoms with E-state index in [1.165, 1.54) is 31.5 Å². The molecule has 150 valence electrons. The number of carbonyl (C=O) groups excluding carboxylic acids is 1. The highest BCUT2D eigenvalue weighted by molar-refractivity contribution is 6.32. The summed E-state index contributed by atoms with van der Waals surface area (Å²) in [4.78, 5) is 14.9. The van der Waals surface area contributed by atoms with Crippen molar-refractivity contribution in [2.24, 2.45) is 0 Å². The van der Waals surface area contributed by atoms with Crippen molar-refractivity contribution in [3.05, 3.63) is 63.7 Å². The molecule has 1 aliphatic heterocycles. The maximum Gasteiger partial charge on any atom is 0.261 e. The number of hydrogen-bond donors (Lipinski definition) is 1. The summed E-state index contributed by atoms with van der Waals surface area (Å²) in [7, 11) is 0. The molecule has 1 fully saturated rings. The first-order valence-electron chi connectivity index (χ1n) is 9.93. The average Bonchev–Trinajstić information content (AvgIpc) is 3.18. The number of benzene rings is 2. The van der Waals surface area contributed by atoms with Crippen molar-refractivity contribution in [2.45, 2.75) is 52.8 Å². The van der Waals surface area contributed by atoms with Crippen LogP contribution >= 0.6 is 11.6 Å². The number of carbonyl (C=O) groups is 1. The van der Waals surface area contributed by atoms with Gasteiger partial charge in [-0.25, -0.2) is 0 Å². The lowest BCUT2D eigenvalue weighted by Crippen LogP contribution is -2.35. The molecule has 1 aliphatic rings. The van der Waals surface area contributed by atoms with Crippen LogP contribution in [0.2, 0.25) is 5.02 Å². The number of nitrogens with one attached hydrogen (secondary N) is 1. The van der Waals surface area contributed by atoms with Gasteiger partial charge in [-0.2, -0.15) is 0 Å². The zero-order chi connectivity index (χ0) is 20.1. The van der Waals surface area contributed by atoms with Crippen LogP contribution in [0.4, 0.5) is 0 Å². The normalized spacial score (nSPS) is 15.4. The lowest BCUT2D eigenvalue weighted by molar-refractivity contribution is -0.127. The van der Waals surface area contributed by atoms with Crippen molar-refractivity contribution >= 4 is 17.5 Å². The second kappa shape index (κ2) is 9.44. The van der Waals surface area contributed by atoms with Crippen LogP contribution in [0, 0.1) is 13.8 Å². The predicted molar refractivity (Wildman–Crippen MR) is 114 cm³/mol. The molecule has 1 amide bonds. The minimum absolute atomic E-state index is 0.133. The van der Waals surface area contributed by atoms with Crippen LogP contribution in [0.15, 0.2) is 36.4 Å². The highest BCUT2D eigenvalue weighted by atomic mass is 35.5. The van der Waals surface area contributed by atoms with Gasteiger partial charge in [-0.3, -0.25) is 9.69 Å². The Labute approximate surface area is 172 Å². The third kappa shape index (κ3) is 5.49. The highest BCUT2D eigenvalue weighted by Crippen LogP contribution is 2.26. The molecule has 0 saturated carbocycles. The predicted octanol–water partition coefficient (Wildman–Crippen LogP) is 4.64. The quantitative estimate of drug-likeness (QED) is 0.736. The summed E-state index contributed by atoms with van der Waals surface area (Å²) in [6.45, 7) is 9.52. The Morgan fingerprint density at radius 3 is 2.29 bits per heavy atom. The number of ether oxygens (including phenoxy) is 1.